The van der Waals surface area contributed by atoms with E-state index in [1.165, 1.54) is 19.5 Å². The Bertz CT molecular complexity index is 543. The van der Waals surface area contributed by atoms with Gasteiger partial charge in [0.15, 0.2) is 0 Å². The second kappa shape index (κ2) is 4.93. The van der Waals surface area contributed by atoms with Gasteiger partial charge in [-0.1, -0.05) is 11.6 Å². The van der Waals surface area contributed by atoms with Crippen LogP contribution in [0, 0.1) is 0 Å². The molecule has 0 aliphatic rings. The lowest BCUT2D eigenvalue weighted by molar-refractivity contribution is 0.102. The summed E-state index contributed by atoms with van der Waals surface area (Å²) in [5.41, 5.74) is 0.353. The van der Waals surface area contributed by atoms with Crippen molar-refractivity contribution in [3.63, 3.8) is 0 Å². The van der Waals surface area contributed by atoms with Crippen molar-refractivity contribution >= 4 is 17.4 Å². The molecule has 17 heavy (non-hydrogen) atoms. The molecule has 0 atom stereocenters. The maximum absolute atomic E-state index is 12.1. The average molecular weight is 249 g/mol. The van der Waals surface area contributed by atoms with Gasteiger partial charge in [0.05, 0.1) is 12.7 Å². The molecule has 0 saturated heterocycles. The molecule has 86 valence electrons. The molecule has 1 heterocycles. The number of benzene rings is 1. The van der Waals surface area contributed by atoms with Crippen molar-refractivity contribution in [2.45, 2.75) is 0 Å². The number of hydrogen-bond donors (Lipinski definition) is 0. The van der Waals surface area contributed by atoms with Crippen LogP contribution in [0.15, 0.2) is 36.7 Å². The zero-order chi connectivity index (χ0) is 12.3. The topological polar surface area (TPSA) is 52.1 Å². The van der Waals surface area contributed by atoms with Crippen molar-refractivity contribution in [2.75, 3.05) is 7.11 Å². The summed E-state index contributed by atoms with van der Waals surface area (Å²) in [6, 6.07) is 6.48. The minimum Gasteiger partial charge on any atom is -0.496 e. The second-order valence-corrected chi connectivity index (χ2v) is 3.68. The molecule has 2 rings (SSSR count). The Kier molecular flexibility index (Phi) is 3.35. The largest absolute Gasteiger partial charge is 0.496 e. The van der Waals surface area contributed by atoms with Gasteiger partial charge in [0.2, 0.25) is 11.6 Å². The van der Waals surface area contributed by atoms with E-state index in [0.717, 1.165) is 0 Å². The summed E-state index contributed by atoms with van der Waals surface area (Å²) in [6.45, 7) is 0. The standard InChI is InChI=1S/C12H9ClN2O2/c1-17-10-4-3-8(13)7-9(10)11(16)12-14-5-2-6-15-12/h2-7H,1H3. The van der Waals surface area contributed by atoms with E-state index in [-0.39, 0.29) is 11.6 Å². The molecule has 0 saturated carbocycles. The summed E-state index contributed by atoms with van der Waals surface area (Å²) in [5.74, 6) is 0.255. The molecule has 0 radical (unpaired) electrons. The van der Waals surface area contributed by atoms with Crippen molar-refractivity contribution in [2.24, 2.45) is 0 Å². The van der Waals surface area contributed by atoms with Crippen molar-refractivity contribution < 1.29 is 9.53 Å². The van der Waals surface area contributed by atoms with Gasteiger partial charge in [0.1, 0.15) is 5.75 Å². The molecule has 0 aliphatic heterocycles. The van der Waals surface area contributed by atoms with E-state index in [4.69, 9.17) is 16.3 Å². The second-order valence-electron chi connectivity index (χ2n) is 3.25. The number of nitrogens with zero attached hydrogens (tertiary/aromatic N) is 2. The van der Waals surface area contributed by atoms with Gasteiger partial charge in [0, 0.05) is 17.4 Å². The number of carbonyl (C=O) groups is 1. The molecular formula is C12H9ClN2O2. The minimum atomic E-state index is -0.315. The van der Waals surface area contributed by atoms with Crippen LogP contribution in [0.3, 0.4) is 0 Å². The molecule has 0 aliphatic carbocycles. The Morgan fingerprint density at radius 3 is 2.65 bits per heavy atom. The SMILES string of the molecule is COc1ccc(Cl)cc1C(=O)c1ncccn1. The van der Waals surface area contributed by atoms with Gasteiger partial charge < -0.3 is 4.74 Å². The first-order valence-corrected chi connectivity index (χ1v) is 5.25. The van der Waals surface area contributed by atoms with Gasteiger partial charge >= 0.3 is 0 Å². The summed E-state index contributed by atoms with van der Waals surface area (Å²) in [6.07, 6.45) is 3.02. The van der Waals surface area contributed by atoms with Crippen LogP contribution in [0.1, 0.15) is 16.2 Å². The molecule has 5 heteroatoms. The maximum atomic E-state index is 12.1. The predicted octanol–water partition coefficient (Wildman–Crippen LogP) is 2.37. The highest BCUT2D eigenvalue weighted by Crippen LogP contribution is 2.24. The molecule has 0 N–H and O–H groups in total. The average Bonchev–Trinajstić information content (AvgIpc) is 2.39. The van der Waals surface area contributed by atoms with E-state index in [0.29, 0.717) is 16.3 Å². The molecule has 1 aromatic carbocycles. The Hall–Kier alpha value is -1.94. The fraction of sp³-hybridized carbons (Fsp3) is 0.0833. The van der Waals surface area contributed by atoms with Crippen molar-refractivity contribution in [3.8, 4) is 5.75 Å². The fourth-order valence-electron chi connectivity index (χ4n) is 1.39. The first kappa shape index (κ1) is 11.5. The van der Waals surface area contributed by atoms with E-state index in [9.17, 15) is 4.79 Å². The number of halogens is 1. The Morgan fingerprint density at radius 1 is 1.29 bits per heavy atom. The first-order chi connectivity index (χ1) is 8.22. The summed E-state index contributed by atoms with van der Waals surface area (Å²) < 4.78 is 5.11. The molecule has 1 aromatic heterocycles. The van der Waals surface area contributed by atoms with Gasteiger partial charge in [-0.15, -0.1) is 0 Å². The molecule has 0 bridgehead atoms. The number of methoxy groups -OCH3 is 1. The highest BCUT2D eigenvalue weighted by Gasteiger charge is 2.16. The molecule has 0 fully saturated rings. The van der Waals surface area contributed by atoms with Crippen LogP contribution in [-0.4, -0.2) is 22.9 Å². The van der Waals surface area contributed by atoms with Crippen LogP contribution in [0.2, 0.25) is 5.02 Å². The maximum Gasteiger partial charge on any atom is 0.233 e. The third-order valence-corrected chi connectivity index (χ3v) is 2.41. The smallest absolute Gasteiger partial charge is 0.233 e. The van der Waals surface area contributed by atoms with Crippen LogP contribution >= 0.6 is 11.6 Å². The molecule has 0 spiro atoms. The molecule has 2 aromatic rings. The lowest BCUT2D eigenvalue weighted by Gasteiger charge is -2.06. The normalized spacial score (nSPS) is 10.0. The van der Waals surface area contributed by atoms with E-state index >= 15 is 0 Å². The predicted molar refractivity (Wildman–Crippen MR) is 63.5 cm³/mol. The summed E-state index contributed by atoms with van der Waals surface area (Å²) >= 11 is 5.86. The number of aromatic nitrogens is 2. The van der Waals surface area contributed by atoms with Crippen LogP contribution in [0.25, 0.3) is 0 Å². The zero-order valence-corrected chi connectivity index (χ0v) is 9.81. The minimum absolute atomic E-state index is 0.119. The number of rotatable bonds is 3. The van der Waals surface area contributed by atoms with Crippen LogP contribution in [-0.2, 0) is 0 Å². The highest BCUT2D eigenvalue weighted by molar-refractivity contribution is 6.31. The van der Waals surface area contributed by atoms with Crippen molar-refractivity contribution in [1.82, 2.24) is 9.97 Å². The highest BCUT2D eigenvalue weighted by atomic mass is 35.5. The first-order valence-electron chi connectivity index (χ1n) is 4.87. The Balaban J connectivity index is 2.47. The number of hydrogen-bond acceptors (Lipinski definition) is 4. The van der Waals surface area contributed by atoms with Crippen LogP contribution in [0.4, 0.5) is 0 Å². The molecular weight excluding hydrogens is 240 g/mol. The third-order valence-electron chi connectivity index (χ3n) is 2.18. The Morgan fingerprint density at radius 2 is 2.00 bits per heavy atom. The lowest BCUT2D eigenvalue weighted by Crippen LogP contribution is -2.08. The fourth-order valence-corrected chi connectivity index (χ4v) is 1.57. The van der Waals surface area contributed by atoms with Gasteiger partial charge in [-0.3, -0.25) is 4.79 Å². The molecule has 0 unspecified atom stereocenters. The summed E-state index contributed by atoms with van der Waals surface area (Å²) in [7, 11) is 1.49. The molecule has 4 nitrogen and oxygen atoms in total. The summed E-state index contributed by atoms with van der Waals surface area (Å²) in [4.78, 5) is 19.9. The van der Waals surface area contributed by atoms with Gasteiger partial charge in [0.25, 0.3) is 0 Å². The zero-order valence-electron chi connectivity index (χ0n) is 9.05. The van der Waals surface area contributed by atoms with E-state index in [1.807, 2.05) is 0 Å². The van der Waals surface area contributed by atoms with Gasteiger partial charge in [-0.25, -0.2) is 9.97 Å². The van der Waals surface area contributed by atoms with E-state index in [2.05, 4.69) is 9.97 Å². The summed E-state index contributed by atoms with van der Waals surface area (Å²) in [5, 5.41) is 0.463. The van der Waals surface area contributed by atoms with Gasteiger partial charge in [-0.2, -0.15) is 0 Å². The van der Waals surface area contributed by atoms with Crippen LogP contribution in [0.5, 0.6) is 5.75 Å². The molecule has 0 amide bonds. The van der Waals surface area contributed by atoms with E-state index < -0.39 is 0 Å². The van der Waals surface area contributed by atoms with E-state index in [1.54, 1.807) is 24.3 Å². The third kappa shape index (κ3) is 2.42. The van der Waals surface area contributed by atoms with Crippen molar-refractivity contribution in [3.05, 3.63) is 53.1 Å². The van der Waals surface area contributed by atoms with Crippen LogP contribution < -0.4 is 4.74 Å². The number of carbonyl (C=O) groups excluding carboxylic acids is 1. The monoisotopic (exact) mass is 248 g/mol. The number of ether oxygens (including phenoxy) is 1. The van der Waals surface area contributed by atoms with Gasteiger partial charge in [-0.05, 0) is 24.3 Å². The quantitative estimate of drug-likeness (QED) is 0.783. The van der Waals surface area contributed by atoms with Crippen molar-refractivity contribution in [1.29, 1.82) is 0 Å². The Labute approximate surface area is 103 Å². The lowest BCUT2D eigenvalue weighted by atomic mass is 10.1. The number of ketones is 1.